The molecule has 8 heteroatoms. The van der Waals surface area contributed by atoms with Crippen molar-refractivity contribution in [2.75, 3.05) is 20.2 Å². The number of methoxy groups -OCH3 is 1. The third kappa shape index (κ3) is 4.50. The number of carbonyl (C=O) groups excluding carboxylic acids is 2. The summed E-state index contributed by atoms with van der Waals surface area (Å²) in [6, 6.07) is 6.43. The molecule has 7 nitrogen and oxygen atoms in total. The van der Waals surface area contributed by atoms with Gasteiger partial charge in [-0.05, 0) is 43.0 Å². The lowest BCUT2D eigenvalue weighted by atomic mass is 10.1. The van der Waals surface area contributed by atoms with Gasteiger partial charge in [0.25, 0.3) is 0 Å². The lowest BCUT2D eigenvalue weighted by Crippen LogP contribution is -2.28. The SMILES string of the molecule is COC(=O)C1CCN(C(=O)/C=C/c2ccc(S(=O)(=O)NC3CC3)cc2)C1. The molecule has 0 aromatic heterocycles. The molecule has 0 spiro atoms. The third-order valence-electron chi connectivity index (χ3n) is 4.54. The van der Waals surface area contributed by atoms with Crippen LogP contribution in [0.1, 0.15) is 24.8 Å². The van der Waals surface area contributed by atoms with Gasteiger partial charge in [-0.1, -0.05) is 12.1 Å². The van der Waals surface area contributed by atoms with Gasteiger partial charge in [-0.15, -0.1) is 0 Å². The third-order valence-corrected chi connectivity index (χ3v) is 6.08. The highest BCUT2D eigenvalue weighted by atomic mass is 32.2. The molecule has 0 radical (unpaired) electrons. The minimum atomic E-state index is -3.47. The minimum absolute atomic E-state index is 0.0615. The molecule has 2 aliphatic rings. The van der Waals surface area contributed by atoms with E-state index in [9.17, 15) is 18.0 Å². The van der Waals surface area contributed by atoms with E-state index in [-0.39, 0.29) is 28.7 Å². The van der Waals surface area contributed by atoms with Gasteiger partial charge in [-0.25, -0.2) is 13.1 Å². The molecule has 140 valence electrons. The Morgan fingerprint density at radius 3 is 2.50 bits per heavy atom. The van der Waals surface area contributed by atoms with Gasteiger partial charge in [0.05, 0.1) is 17.9 Å². The number of nitrogens with one attached hydrogen (secondary N) is 1. The van der Waals surface area contributed by atoms with Crippen molar-refractivity contribution in [2.24, 2.45) is 5.92 Å². The van der Waals surface area contributed by atoms with Crippen LogP contribution >= 0.6 is 0 Å². The normalized spacial score (nSPS) is 20.5. The topological polar surface area (TPSA) is 92.8 Å². The summed E-state index contributed by atoms with van der Waals surface area (Å²) in [4.78, 5) is 25.5. The number of carbonyl (C=O) groups is 2. The number of esters is 1. The van der Waals surface area contributed by atoms with Crippen LogP contribution in [0.4, 0.5) is 0 Å². The van der Waals surface area contributed by atoms with E-state index in [0.29, 0.717) is 19.5 Å². The van der Waals surface area contributed by atoms with Crippen LogP contribution in [0.3, 0.4) is 0 Å². The predicted molar refractivity (Wildman–Crippen MR) is 95.5 cm³/mol. The van der Waals surface area contributed by atoms with E-state index in [4.69, 9.17) is 4.74 Å². The molecular formula is C18H22N2O5S. The summed E-state index contributed by atoms with van der Waals surface area (Å²) in [5, 5.41) is 0. The van der Waals surface area contributed by atoms with Gasteiger partial charge in [0.1, 0.15) is 0 Å². The lowest BCUT2D eigenvalue weighted by Gasteiger charge is -2.13. The zero-order valence-electron chi connectivity index (χ0n) is 14.6. The van der Waals surface area contributed by atoms with Gasteiger partial charge >= 0.3 is 5.97 Å². The van der Waals surface area contributed by atoms with E-state index >= 15 is 0 Å². The maximum atomic E-state index is 12.2. The summed E-state index contributed by atoms with van der Waals surface area (Å²) in [5.41, 5.74) is 0.729. The second-order valence-electron chi connectivity index (χ2n) is 6.59. The molecule has 1 saturated heterocycles. The van der Waals surface area contributed by atoms with Crippen LogP contribution in [-0.4, -0.2) is 51.4 Å². The minimum Gasteiger partial charge on any atom is -0.469 e. The number of likely N-dealkylation sites (tertiary alicyclic amines) is 1. The van der Waals surface area contributed by atoms with Crippen LogP contribution in [-0.2, 0) is 24.3 Å². The Kier molecular flexibility index (Phi) is 5.43. The van der Waals surface area contributed by atoms with Crippen LogP contribution in [0.15, 0.2) is 35.2 Å². The summed E-state index contributed by atoms with van der Waals surface area (Å²) in [7, 11) is -2.12. The summed E-state index contributed by atoms with van der Waals surface area (Å²) >= 11 is 0. The molecule has 1 saturated carbocycles. The first-order valence-corrected chi connectivity index (χ1v) is 10.0. The Morgan fingerprint density at radius 1 is 1.19 bits per heavy atom. The van der Waals surface area contributed by atoms with Crippen molar-refractivity contribution in [1.82, 2.24) is 9.62 Å². The first-order chi connectivity index (χ1) is 12.4. The van der Waals surface area contributed by atoms with Gasteiger partial charge in [-0.2, -0.15) is 0 Å². The zero-order chi connectivity index (χ0) is 18.7. The van der Waals surface area contributed by atoms with E-state index in [0.717, 1.165) is 18.4 Å². The molecule has 2 fully saturated rings. The van der Waals surface area contributed by atoms with Gasteiger partial charge in [0.15, 0.2) is 0 Å². The molecule has 1 atom stereocenters. The number of nitrogens with zero attached hydrogens (tertiary/aromatic N) is 1. The molecular weight excluding hydrogens is 356 g/mol. The molecule has 1 N–H and O–H groups in total. The number of hydrogen-bond acceptors (Lipinski definition) is 5. The second kappa shape index (κ2) is 7.59. The summed E-state index contributed by atoms with van der Waals surface area (Å²) in [6.45, 7) is 0.882. The lowest BCUT2D eigenvalue weighted by molar-refractivity contribution is -0.145. The van der Waals surface area contributed by atoms with Crippen molar-refractivity contribution in [1.29, 1.82) is 0 Å². The Balaban J connectivity index is 1.58. The fourth-order valence-corrected chi connectivity index (χ4v) is 4.14. The molecule has 3 rings (SSSR count). The van der Waals surface area contributed by atoms with Crippen molar-refractivity contribution in [3.63, 3.8) is 0 Å². The largest absolute Gasteiger partial charge is 0.469 e. The summed E-state index contributed by atoms with van der Waals surface area (Å²) < 4.78 is 31.6. The molecule has 1 heterocycles. The Morgan fingerprint density at radius 2 is 1.88 bits per heavy atom. The van der Waals surface area contributed by atoms with Gasteiger partial charge in [0, 0.05) is 25.2 Å². The summed E-state index contributed by atoms with van der Waals surface area (Å²) in [6.07, 6.45) is 5.45. The van der Waals surface area contributed by atoms with E-state index in [1.54, 1.807) is 23.1 Å². The van der Waals surface area contributed by atoms with Crippen molar-refractivity contribution in [3.05, 3.63) is 35.9 Å². The molecule has 1 unspecified atom stereocenters. The number of ether oxygens (including phenoxy) is 1. The molecule has 1 aliphatic heterocycles. The second-order valence-corrected chi connectivity index (χ2v) is 8.30. The highest BCUT2D eigenvalue weighted by Gasteiger charge is 2.31. The Hall–Kier alpha value is -2.19. The highest BCUT2D eigenvalue weighted by molar-refractivity contribution is 7.89. The molecule has 1 aromatic carbocycles. The molecule has 1 amide bonds. The van der Waals surface area contributed by atoms with Crippen LogP contribution in [0.2, 0.25) is 0 Å². The van der Waals surface area contributed by atoms with E-state index in [1.165, 1.54) is 25.3 Å². The fourth-order valence-electron chi connectivity index (χ4n) is 2.84. The predicted octanol–water partition coefficient (Wildman–Crippen LogP) is 1.16. The zero-order valence-corrected chi connectivity index (χ0v) is 15.4. The Labute approximate surface area is 153 Å². The average molecular weight is 378 g/mol. The highest BCUT2D eigenvalue weighted by Crippen LogP contribution is 2.22. The van der Waals surface area contributed by atoms with Crippen LogP contribution in [0.25, 0.3) is 6.08 Å². The number of sulfonamides is 1. The van der Waals surface area contributed by atoms with Gasteiger partial charge in [0.2, 0.25) is 15.9 Å². The van der Waals surface area contributed by atoms with Crippen molar-refractivity contribution < 1.29 is 22.7 Å². The number of amides is 1. The van der Waals surface area contributed by atoms with E-state index in [1.807, 2.05) is 0 Å². The smallest absolute Gasteiger partial charge is 0.310 e. The Bertz CT molecular complexity index is 812. The first kappa shape index (κ1) is 18.6. The average Bonchev–Trinajstić information content (AvgIpc) is 3.29. The van der Waals surface area contributed by atoms with Crippen molar-refractivity contribution in [3.8, 4) is 0 Å². The van der Waals surface area contributed by atoms with Gasteiger partial charge in [-0.3, -0.25) is 9.59 Å². The molecule has 1 aromatic rings. The number of hydrogen-bond donors (Lipinski definition) is 1. The maximum Gasteiger partial charge on any atom is 0.310 e. The number of benzene rings is 1. The molecule has 1 aliphatic carbocycles. The fraction of sp³-hybridized carbons (Fsp3) is 0.444. The van der Waals surface area contributed by atoms with E-state index < -0.39 is 10.0 Å². The first-order valence-electron chi connectivity index (χ1n) is 8.56. The quantitative estimate of drug-likeness (QED) is 0.592. The van der Waals surface area contributed by atoms with E-state index in [2.05, 4.69) is 4.72 Å². The summed E-state index contributed by atoms with van der Waals surface area (Å²) in [5.74, 6) is -0.731. The standard InChI is InChI=1S/C18H22N2O5S/c1-25-18(22)14-10-11-20(12-14)17(21)9-4-13-2-7-16(8-3-13)26(23,24)19-15-5-6-15/h2-4,7-9,14-15,19H,5-6,10-12H2,1H3/b9-4+. The molecule has 26 heavy (non-hydrogen) atoms. The van der Waals surface area contributed by atoms with Crippen LogP contribution in [0, 0.1) is 5.92 Å². The van der Waals surface area contributed by atoms with Crippen LogP contribution < -0.4 is 4.72 Å². The number of rotatable bonds is 6. The van der Waals surface area contributed by atoms with Crippen molar-refractivity contribution in [2.45, 2.75) is 30.2 Å². The van der Waals surface area contributed by atoms with Crippen molar-refractivity contribution >= 4 is 28.0 Å². The monoisotopic (exact) mass is 378 g/mol. The maximum absolute atomic E-state index is 12.2. The molecule has 0 bridgehead atoms. The van der Waals surface area contributed by atoms with Gasteiger partial charge < -0.3 is 9.64 Å². The van der Waals surface area contributed by atoms with Crippen LogP contribution in [0.5, 0.6) is 0 Å².